The fourth-order valence-corrected chi connectivity index (χ4v) is 6.34. The molecule has 0 aliphatic heterocycles. The number of benzene rings is 3. The van der Waals surface area contributed by atoms with Crippen LogP contribution in [0.1, 0.15) is 52.1 Å². The van der Waals surface area contributed by atoms with Crippen LogP contribution in [-0.2, 0) is 11.2 Å². The van der Waals surface area contributed by atoms with Gasteiger partial charge in [0.05, 0.1) is 11.6 Å². The summed E-state index contributed by atoms with van der Waals surface area (Å²) in [5.41, 5.74) is 16.0. The Labute approximate surface area is 269 Å². The van der Waals surface area contributed by atoms with E-state index in [1.807, 2.05) is 78.9 Å². The lowest BCUT2D eigenvalue weighted by Gasteiger charge is -2.27. The fourth-order valence-electron chi connectivity index (χ4n) is 5.85. The van der Waals surface area contributed by atoms with Crippen molar-refractivity contribution >= 4 is 51.7 Å². The largest absolute Gasteiger partial charge is 0.382 e. The molecule has 0 fully saturated rings. The van der Waals surface area contributed by atoms with Gasteiger partial charge in [0.2, 0.25) is 11.8 Å². The van der Waals surface area contributed by atoms with Gasteiger partial charge in [-0.3, -0.25) is 14.7 Å². The summed E-state index contributed by atoms with van der Waals surface area (Å²) in [5.74, 6) is 0.0375. The number of imidazole rings is 1. The lowest BCUT2D eigenvalue weighted by Crippen LogP contribution is -2.31. The minimum absolute atomic E-state index is 0.114. The molecule has 1 aliphatic carbocycles. The smallest absolute Gasteiger partial charge is 0.248 e. The monoisotopic (exact) mass is 639 g/mol. The number of H-pyrrole nitrogens is 2. The average molecular weight is 641 g/mol. The highest BCUT2D eigenvalue weighted by molar-refractivity contribution is 6.32. The normalized spacial score (nSPS) is 16.8. The number of aromatic nitrogens is 4. The predicted molar refractivity (Wildman–Crippen MR) is 178 cm³/mol. The van der Waals surface area contributed by atoms with Crippen molar-refractivity contribution in [2.24, 2.45) is 11.7 Å². The maximum absolute atomic E-state index is 13.5. The van der Waals surface area contributed by atoms with Crippen molar-refractivity contribution in [2.75, 3.05) is 5.73 Å². The number of carbonyl (C=O) groups is 2. The molecular weight excluding hydrogens is 609 g/mol. The molecule has 2 aromatic heterocycles. The molecule has 0 saturated carbocycles. The number of rotatable bonds is 10. The fraction of sp³-hybridized carbons (Fsp3) is 0.176. The third-order valence-corrected chi connectivity index (χ3v) is 8.60. The van der Waals surface area contributed by atoms with Crippen molar-refractivity contribution in [3.8, 4) is 11.3 Å². The van der Waals surface area contributed by atoms with Gasteiger partial charge in [0.25, 0.3) is 0 Å². The van der Waals surface area contributed by atoms with Gasteiger partial charge in [-0.1, -0.05) is 90.0 Å². The number of nitrogen functional groups attached to an aromatic ring is 1. The number of aromatic amines is 2. The lowest BCUT2D eigenvalue weighted by molar-refractivity contribution is -0.122. The molecule has 0 bridgehead atoms. The SMILES string of the molecule is NC(=O)c1ccccc1C1C=CC(Cl)=CC1CCC(=O)N[C@@H](Cc1ccccc1)c1nc(-c2ccc3c(N)n[nH]c3c2)c(Cl)[nH]1. The summed E-state index contributed by atoms with van der Waals surface area (Å²) in [6, 6.07) is 22.3. The Morgan fingerprint density at radius 1 is 1.02 bits per heavy atom. The summed E-state index contributed by atoms with van der Waals surface area (Å²) in [6.07, 6.45) is 6.93. The van der Waals surface area contributed by atoms with Crippen LogP contribution in [0.25, 0.3) is 22.2 Å². The van der Waals surface area contributed by atoms with Crippen LogP contribution in [0.15, 0.2) is 96.1 Å². The average Bonchev–Trinajstić information content (AvgIpc) is 3.62. The third-order valence-electron chi connectivity index (χ3n) is 8.08. The first-order valence-electron chi connectivity index (χ1n) is 14.5. The summed E-state index contributed by atoms with van der Waals surface area (Å²) in [5, 5.41) is 11.9. The molecule has 45 heavy (non-hydrogen) atoms. The van der Waals surface area contributed by atoms with E-state index in [1.54, 1.807) is 12.1 Å². The van der Waals surface area contributed by atoms with Crippen LogP contribution in [0.5, 0.6) is 0 Å². The highest BCUT2D eigenvalue weighted by Crippen LogP contribution is 2.38. The zero-order chi connectivity index (χ0) is 31.5. The number of nitrogens with two attached hydrogens (primary N) is 2. The Morgan fingerprint density at radius 2 is 1.80 bits per heavy atom. The molecule has 0 radical (unpaired) electrons. The van der Waals surface area contributed by atoms with Gasteiger partial charge >= 0.3 is 0 Å². The van der Waals surface area contributed by atoms with E-state index < -0.39 is 11.9 Å². The van der Waals surface area contributed by atoms with Gasteiger partial charge in [-0.25, -0.2) is 4.98 Å². The van der Waals surface area contributed by atoms with Gasteiger partial charge in [0.1, 0.15) is 16.7 Å². The van der Waals surface area contributed by atoms with Crippen molar-refractivity contribution < 1.29 is 9.59 Å². The highest BCUT2D eigenvalue weighted by Gasteiger charge is 2.27. The third kappa shape index (κ3) is 6.64. The molecule has 3 atom stereocenters. The second-order valence-electron chi connectivity index (χ2n) is 11.1. The van der Waals surface area contributed by atoms with E-state index in [0.29, 0.717) is 45.9 Å². The van der Waals surface area contributed by atoms with E-state index in [-0.39, 0.29) is 24.2 Å². The first-order valence-corrected chi connectivity index (χ1v) is 15.3. The molecule has 11 heteroatoms. The van der Waals surface area contributed by atoms with Crippen LogP contribution < -0.4 is 16.8 Å². The molecule has 0 spiro atoms. The number of amides is 2. The molecule has 0 saturated heterocycles. The van der Waals surface area contributed by atoms with Gasteiger partial charge in [0, 0.05) is 33.9 Å². The maximum atomic E-state index is 13.5. The van der Waals surface area contributed by atoms with Crippen LogP contribution in [0.2, 0.25) is 5.15 Å². The van der Waals surface area contributed by atoms with Gasteiger partial charge in [-0.2, -0.15) is 5.10 Å². The summed E-state index contributed by atoms with van der Waals surface area (Å²) >= 11 is 13.0. The predicted octanol–water partition coefficient (Wildman–Crippen LogP) is 6.56. The Kier molecular flexibility index (Phi) is 8.73. The van der Waals surface area contributed by atoms with Gasteiger partial charge in [-0.15, -0.1) is 0 Å². The Bertz CT molecular complexity index is 1930. The molecule has 228 valence electrons. The first kappa shape index (κ1) is 30.2. The summed E-state index contributed by atoms with van der Waals surface area (Å²) in [6.45, 7) is 0. The van der Waals surface area contributed by atoms with E-state index in [0.717, 1.165) is 27.6 Å². The zero-order valence-electron chi connectivity index (χ0n) is 24.1. The van der Waals surface area contributed by atoms with Gasteiger partial charge in [0.15, 0.2) is 5.82 Å². The van der Waals surface area contributed by atoms with Crippen LogP contribution in [0, 0.1) is 5.92 Å². The van der Waals surface area contributed by atoms with E-state index in [4.69, 9.17) is 39.7 Å². The van der Waals surface area contributed by atoms with Gasteiger partial charge < -0.3 is 21.8 Å². The van der Waals surface area contributed by atoms with Crippen LogP contribution in [0.4, 0.5) is 5.82 Å². The Hall–Kier alpha value is -4.86. The van der Waals surface area contributed by atoms with Gasteiger partial charge in [-0.05, 0) is 54.2 Å². The number of anilines is 1. The number of halogens is 2. The number of fused-ring (bicyclic) bond motifs is 1. The summed E-state index contributed by atoms with van der Waals surface area (Å²) < 4.78 is 0. The molecular formula is C34H31Cl2N7O2. The van der Waals surface area contributed by atoms with Crippen LogP contribution >= 0.6 is 23.2 Å². The van der Waals surface area contributed by atoms with Crippen LogP contribution in [-0.4, -0.2) is 32.0 Å². The highest BCUT2D eigenvalue weighted by atomic mass is 35.5. The van der Waals surface area contributed by atoms with Crippen molar-refractivity contribution in [1.29, 1.82) is 0 Å². The number of primary amides is 1. The van der Waals surface area contributed by atoms with Crippen molar-refractivity contribution in [3.05, 3.63) is 124 Å². The second-order valence-corrected chi connectivity index (χ2v) is 11.9. The summed E-state index contributed by atoms with van der Waals surface area (Å²) in [7, 11) is 0. The number of carbonyl (C=O) groups excluding carboxylic acids is 2. The number of nitrogens with one attached hydrogen (secondary N) is 3. The maximum Gasteiger partial charge on any atom is 0.248 e. The van der Waals surface area contributed by atoms with Crippen molar-refractivity contribution in [3.63, 3.8) is 0 Å². The molecule has 2 heterocycles. The second kappa shape index (κ2) is 13.0. The number of hydrogen-bond acceptors (Lipinski definition) is 5. The number of nitrogens with zero attached hydrogens (tertiary/aromatic N) is 2. The molecule has 7 N–H and O–H groups in total. The quantitative estimate of drug-likeness (QED) is 0.117. The Balaban J connectivity index is 1.22. The van der Waals surface area contributed by atoms with E-state index in [9.17, 15) is 9.59 Å². The number of hydrogen-bond donors (Lipinski definition) is 5. The minimum Gasteiger partial charge on any atom is -0.382 e. The number of allylic oxidation sites excluding steroid dienone is 4. The molecule has 5 aromatic rings. The van der Waals surface area contributed by atoms with E-state index >= 15 is 0 Å². The molecule has 1 aliphatic rings. The summed E-state index contributed by atoms with van der Waals surface area (Å²) in [4.78, 5) is 33.7. The standard InChI is InChI=1S/C34H31Cl2N7O2/c35-22-12-14-23(24-8-4-5-9-25(24)33(38)45)20(17-22)11-15-29(44)39-28(16-19-6-2-1-3-7-19)34-40-30(31(36)41-34)21-10-13-26-27(18-21)42-43-32(26)37/h1-10,12-14,17-18,20,23,28H,11,15-16H2,(H2,38,45)(H,39,44)(H,40,41)(H3,37,42,43)/t20?,23?,28-/m0/s1. The van der Waals surface area contributed by atoms with Crippen molar-refractivity contribution in [1.82, 2.24) is 25.5 Å². The Morgan fingerprint density at radius 3 is 2.60 bits per heavy atom. The molecule has 2 amide bonds. The molecule has 6 rings (SSSR count). The minimum atomic E-state index is -0.495. The van der Waals surface area contributed by atoms with Crippen LogP contribution in [0.3, 0.4) is 0 Å². The topological polar surface area (TPSA) is 156 Å². The molecule has 9 nitrogen and oxygen atoms in total. The van der Waals surface area contributed by atoms with E-state index in [1.165, 1.54) is 0 Å². The first-order chi connectivity index (χ1) is 21.8. The molecule has 2 unspecified atom stereocenters. The van der Waals surface area contributed by atoms with Crippen molar-refractivity contribution in [2.45, 2.75) is 31.2 Å². The molecule has 3 aromatic carbocycles. The van der Waals surface area contributed by atoms with E-state index in [2.05, 4.69) is 20.5 Å². The lowest BCUT2D eigenvalue weighted by atomic mass is 9.78. The zero-order valence-corrected chi connectivity index (χ0v) is 25.6.